The summed E-state index contributed by atoms with van der Waals surface area (Å²) in [6.07, 6.45) is 1.84. The van der Waals surface area contributed by atoms with E-state index in [9.17, 15) is 9.90 Å². The molecule has 2 aliphatic heterocycles. The molecule has 2 heterocycles. The van der Waals surface area contributed by atoms with Crippen molar-refractivity contribution in [2.75, 3.05) is 38.2 Å². The van der Waals surface area contributed by atoms with Gasteiger partial charge in [-0.15, -0.1) is 0 Å². The van der Waals surface area contributed by atoms with E-state index in [1.807, 2.05) is 17.9 Å². The van der Waals surface area contributed by atoms with Crippen molar-refractivity contribution in [1.82, 2.24) is 10.2 Å². The molecule has 1 atom stereocenters. The van der Waals surface area contributed by atoms with Crippen LogP contribution in [0.3, 0.4) is 0 Å². The molecule has 1 unspecified atom stereocenters. The van der Waals surface area contributed by atoms with Gasteiger partial charge in [-0.3, -0.25) is 4.79 Å². The number of ether oxygens (including phenoxy) is 2. The summed E-state index contributed by atoms with van der Waals surface area (Å²) in [4.78, 5) is 15.3. The van der Waals surface area contributed by atoms with Crippen LogP contribution in [0.1, 0.15) is 43.9 Å². The predicted octanol–water partition coefficient (Wildman–Crippen LogP) is 3.93. The molecule has 2 aromatic rings. The van der Waals surface area contributed by atoms with Crippen molar-refractivity contribution < 1.29 is 19.4 Å². The predicted molar refractivity (Wildman–Crippen MR) is 133 cm³/mol. The average Bonchev–Trinajstić information content (AvgIpc) is 3.16. The van der Waals surface area contributed by atoms with Gasteiger partial charge in [0.2, 0.25) is 11.7 Å². The molecule has 3 N–H and O–H groups in total. The van der Waals surface area contributed by atoms with Crippen molar-refractivity contribution in [3.8, 4) is 17.2 Å². The van der Waals surface area contributed by atoms with Crippen LogP contribution in [0.4, 0.5) is 5.69 Å². The normalized spacial score (nSPS) is 15.4. The molecule has 184 valence electrons. The number of fused-ring (bicyclic) bond motifs is 2. The van der Waals surface area contributed by atoms with Crippen LogP contribution in [-0.4, -0.2) is 48.8 Å². The van der Waals surface area contributed by atoms with E-state index in [0.717, 1.165) is 31.5 Å². The summed E-state index contributed by atoms with van der Waals surface area (Å²) in [5.74, 6) is 1.26. The number of phenols is 1. The minimum Gasteiger partial charge on any atom is -0.504 e. The zero-order chi connectivity index (χ0) is 24.1. The number of nitrogens with zero attached hydrogens (tertiary/aromatic N) is 1. The Morgan fingerprint density at radius 3 is 2.85 bits per heavy atom. The van der Waals surface area contributed by atoms with E-state index in [1.165, 1.54) is 16.8 Å². The van der Waals surface area contributed by atoms with Gasteiger partial charge in [-0.25, -0.2) is 0 Å². The number of benzene rings is 2. The SMILES string of the molecule is CC(C)CN(Cc1cc(O)c2c(c1)OCCCO2)C(=O)C(C)CNCc1cccc2c1NCC2. The molecule has 7 heteroatoms. The van der Waals surface area contributed by atoms with Crippen LogP contribution in [0, 0.1) is 11.8 Å². The zero-order valence-corrected chi connectivity index (χ0v) is 20.5. The maximum atomic E-state index is 13.4. The van der Waals surface area contributed by atoms with E-state index in [1.54, 1.807) is 6.07 Å². The van der Waals surface area contributed by atoms with Crippen LogP contribution >= 0.6 is 0 Å². The van der Waals surface area contributed by atoms with Crippen LogP contribution in [-0.2, 0) is 24.3 Å². The van der Waals surface area contributed by atoms with Gasteiger partial charge in [0.05, 0.1) is 13.2 Å². The molecule has 2 aliphatic rings. The number of carbonyl (C=O) groups excluding carboxylic acids is 1. The lowest BCUT2D eigenvalue weighted by Gasteiger charge is -2.28. The highest BCUT2D eigenvalue weighted by Crippen LogP contribution is 2.39. The van der Waals surface area contributed by atoms with Crippen molar-refractivity contribution in [2.24, 2.45) is 11.8 Å². The molecule has 0 saturated heterocycles. The summed E-state index contributed by atoms with van der Waals surface area (Å²) < 4.78 is 11.4. The molecular weight excluding hydrogens is 430 g/mol. The van der Waals surface area contributed by atoms with Gasteiger partial charge in [0.25, 0.3) is 0 Å². The number of amides is 1. The van der Waals surface area contributed by atoms with Gasteiger partial charge in [0.1, 0.15) is 0 Å². The largest absolute Gasteiger partial charge is 0.504 e. The van der Waals surface area contributed by atoms with Crippen LogP contribution in [0.2, 0.25) is 0 Å². The Morgan fingerprint density at radius 2 is 2.03 bits per heavy atom. The Kier molecular flexibility index (Phi) is 7.83. The second-order valence-electron chi connectivity index (χ2n) is 9.77. The molecule has 34 heavy (non-hydrogen) atoms. The van der Waals surface area contributed by atoms with E-state index in [-0.39, 0.29) is 17.6 Å². The van der Waals surface area contributed by atoms with E-state index < -0.39 is 0 Å². The molecule has 0 aliphatic carbocycles. The lowest BCUT2D eigenvalue weighted by molar-refractivity contribution is -0.136. The fourth-order valence-corrected chi connectivity index (χ4v) is 4.68. The third-order valence-corrected chi connectivity index (χ3v) is 6.28. The van der Waals surface area contributed by atoms with Crippen molar-refractivity contribution in [3.63, 3.8) is 0 Å². The monoisotopic (exact) mass is 467 g/mol. The number of para-hydroxylation sites is 1. The Morgan fingerprint density at radius 1 is 1.21 bits per heavy atom. The smallest absolute Gasteiger partial charge is 0.226 e. The summed E-state index contributed by atoms with van der Waals surface area (Å²) in [6.45, 7) is 10.6. The van der Waals surface area contributed by atoms with E-state index >= 15 is 0 Å². The first kappa shape index (κ1) is 24.2. The lowest BCUT2D eigenvalue weighted by Crippen LogP contribution is -2.40. The second-order valence-corrected chi connectivity index (χ2v) is 9.77. The molecule has 2 aromatic carbocycles. The number of anilines is 1. The third kappa shape index (κ3) is 5.76. The number of rotatable bonds is 9. The van der Waals surface area contributed by atoms with E-state index in [2.05, 4.69) is 42.7 Å². The number of carbonyl (C=O) groups is 1. The van der Waals surface area contributed by atoms with Crippen LogP contribution in [0.5, 0.6) is 17.2 Å². The molecule has 0 saturated carbocycles. The Bertz CT molecular complexity index is 1010. The molecule has 1 amide bonds. The van der Waals surface area contributed by atoms with Crippen molar-refractivity contribution >= 4 is 11.6 Å². The molecule has 0 bridgehead atoms. The highest BCUT2D eigenvalue weighted by atomic mass is 16.5. The minimum atomic E-state index is -0.169. The number of phenolic OH excluding ortho intramolecular Hbond substituents is 1. The highest BCUT2D eigenvalue weighted by molar-refractivity contribution is 5.79. The van der Waals surface area contributed by atoms with Crippen molar-refractivity contribution in [1.29, 1.82) is 0 Å². The maximum absolute atomic E-state index is 13.4. The molecule has 0 fully saturated rings. The Labute approximate surface area is 202 Å². The number of aromatic hydroxyl groups is 1. The summed E-state index contributed by atoms with van der Waals surface area (Å²) in [6, 6.07) is 9.98. The first-order valence-corrected chi connectivity index (χ1v) is 12.4. The summed E-state index contributed by atoms with van der Waals surface area (Å²) in [5.41, 5.74) is 4.69. The summed E-state index contributed by atoms with van der Waals surface area (Å²) in [5, 5.41) is 17.4. The van der Waals surface area contributed by atoms with Crippen molar-refractivity contribution in [3.05, 3.63) is 47.0 Å². The molecule has 7 nitrogen and oxygen atoms in total. The zero-order valence-electron chi connectivity index (χ0n) is 20.5. The van der Waals surface area contributed by atoms with Gasteiger partial charge < -0.3 is 30.1 Å². The Balaban J connectivity index is 1.40. The lowest BCUT2D eigenvalue weighted by atomic mass is 10.1. The topological polar surface area (TPSA) is 83.1 Å². The minimum absolute atomic E-state index is 0.0602. The molecule has 4 rings (SSSR count). The molecule has 0 spiro atoms. The van der Waals surface area contributed by atoms with Crippen LogP contribution in [0.25, 0.3) is 0 Å². The van der Waals surface area contributed by atoms with Crippen molar-refractivity contribution in [2.45, 2.75) is 46.7 Å². The maximum Gasteiger partial charge on any atom is 0.226 e. The molecular formula is C27H37N3O4. The quantitative estimate of drug-likeness (QED) is 0.518. The number of nitrogens with one attached hydrogen (secondary N) is 2. The van der Waals surface area contributed by atoms with Gasteiger partial charge in [-0.1, -0.05) is 39.0 Å². The summed E-state index contributed by atoms with van der Waals surface area (Å²) >= 11 is 0. The Hall–Kier alpha value is -2.93. The fraction of sp³-hybridized carbons (Fsp3) is 0.519. The second kappa shape index (κ2) is 11.0. The van der Waals surface area contributed by atoms with Gasteiger partial charge in [-0.2, -0.15) is 0 Å². The van der Waals surface area contributed by atoms with Crippen LogP contribution < -0.4 is 20.1 Å². The van der Waals surface area contributed by atoms with Crippen LogP contribution in [0.15, 0.2) is 30.3 Å². The van der Waals surface area contributed by atoms with Gasteiger partial charge in [-0.05, 0) is 41.2 Å². The summed E-state index contributed by atoms with van der Waals surface area (Å²) in [7, 11) is 0. The molecule has 0 radical (unpaired) electrons. The molecule has 0 aromatic heterocycles. The first-order valence-electron chi connectivity index (χ1n) is 12.4. The number of hydrogen-bond acceptors (Lipinski definition) is 6. The third-order valence-electron chi connectivity index (χ3n) is 6.28. The van der Waals surface area contributed by atoms with Gasteiger partial charge in [0, 0.05) is 50.7 Å². The fourth-order valence-electron chi connectivity index (χ4n) is 4.68. The van der Waals surface area contributed by atoms with E-state index in [4.69, 9.17) is 9.47 Å². The van der Waals surface area contributed by atoms with Gasteiger partial charge >= 0.3 is 0 Å². The highest BCUT2D eigenvalue weighted by Gasteiger charge is 2.24. The first-order chi connectivity index (χ1) is 16.4. The standard InChI is InChI=1S/C27H37N3O4/c1-18(2)16-30(17-20-12-23(31)26-24(13-20)33-10-5-11-34-26)27(32)19(3)14-28-15-22-7-4-6-21-8-9-29-25(21)22/h4,6-7,12-13,18-19,28-29,31H,5,8-11,14-17H2,1-3H3. The number of hydrogen-bond donors (Lipinski definition) is 3. The van der Waals surface area contributed by atoms with E-state index in [0.29, 0.717) is 50.3 Å². The van der Waals surface area contributed by atoms with Gasteiger partial charge in [0.15, 0.2) is 11.5 Å². The average molecular weight is 468 g/mol.